The summed E-state index contributed by atoms with van der Waals surface area (Å²) < 4.78 is 10.4. The Morgan fingerprint density at radius 2 is 1.60 bits per heavy atom. The van der Waals surface area contributed by atoms with E-state index in [9.17, 15) is 4.79 Å². The van der Waals surface area contributed by atoms with E-state index in [-0.39, 0.29) is 17.4 Å². The fraction of sp³-hybridized carbons (Fsp3) is 0.381. The molecular weight excluding hydrogens is 314 g/mol. The lowest BCUT2D eigenvalue weighted by atomic mass is 10.0. The number of amides is 1. The summed E-state index contributed by atoms with van der Waals surface area (Å²) in [7, 11) is 3.29. The van der Waals surface area contributed by atoms with Gasteiger partial charge in [0.15, 0.2) is 0 Å². The number of carbonyl (C=O) groups excluding carboxylic acids is 1. The molecule has 3 rings (SSSR count). The first-order valence-corrected chi connectivity index (χ1v) is 8.48. The van der Waals surface area contributed by atoms with Gasteiger partial charge in [0.25, 0.3) is 5.91 Å². The van der Waals surface area contributed by atoms with Gasteiger partial charge in [-0.3, -0.25) is 4.79 Å². The number of hydrogen-bond acceptors (Lipinski definition) is 3. The average Bonchev–Trinajstić information content (AvgIpc) is 3.14. The number of benzene rings is 2. The molecule has 4 heteroatoms. The number of hydrogen-bond donors (Lipinski definition) is 1. The van der Waals surface area contributed by atoms with Gasteiger partial charge in [0.1, 0.15) is 11.5 Å². The quantitative estimate of drug-likeness (QED) is 0.898. The Morgan fingerprint density at radius 1 is 1.00 bits per heavy atom. The molecule has 0 spiro atoms. The molecule has 0 aromatic heterocycles. The van der Waals surface area contributed by atoms with Crippen LogP contribution >= 0.6 is 0 Å². The van der Waals surface area contributed by atoms with E-state index in [0.717, 1.165) is 17.1 Å². The molecule has 0 radical (unpaired) electrons. The highest BCUT2D eigenvalue weighted by Crippen LogP contribution is 2.58. The third-order valence-electron chi connectivity index (χ3n) is 5.27. The molecule has 1 saturated carbocycles. The monoisotopic (exact) mass is 339 g/mol. The van der Waals surface area contributed by atoms with Crippen molar-refractivity contribution in [3.05, 3.63) is 59.2 Å². The largest absolute Gasteiger partial charge is 0.497 e. The second-order valence-electron chi connectivity index (χ2n) is 7.20. The molecule has 0 aliphatic heterocycles. The van der Waals surface area contributed by atoms with E-state index in [1.54, 1.807) is 14.2 Å². The Hall–Kier alpha value is -2.49. The Balaban J connectivity index is 1.75. The maximum atomic E-state index is 12.7. The van der Waals surface area contributed by atoms with Gasteiger partial charge in [-0.2, -0.15) is 0 Å². The van der Waals surface area contributed by atoms with Crippen LogP contribution in [0.1, 0.15) is 41.3 Å². The lowest BCUT2D eigenvalue weighted by Gasteiger charge is -2.10. The lowest BCUT2D eigenvalue weighted by Crippen LogP contribution is -2.29. The van der Waals surface area contributed by atoms with Crippen molar-refractivity contribution in [2.24, 2.45) is 5.41 Å². The number of carbonyl (C=O) groups is 1. The number of methoxy groups -OCH3 is 2. The van der Waals surface area contributed by atoms with E-state index < -0.39 is 0 Å². The molecule has 0 bridgehead atoms. The normalized spacial score (nSPS) is 20.7. The fourth-order valence-electron chi connectivity index (χ4n) is 3.58. The fourth-order valence-corrected chi connectivity index (χ4v) is 3.58. The molecule has 2 aromatic rings. The van der Waals surface area contributed by atoms with Crippen molar-refractivity contribution in [3.63, 3.8) is 0 Å². The number of aryl methyl sites for hydroxylation is 1. The molecule has 132 valence electrons. The molecular formula is C21H25NO3. The van der Waals surface area contributed by atoms with Crippen LogP contribution in [0.3, 0.4) is 0 Å². The van der Waals surface area contributed by atoms with Crippen molar-refractivity contribution in [2.45, 2.75) is 32.7 Å². The molecule has 2 atom stereocenters. The molecule has 1 fully saturated rings. The third-order valence-corrected chi connectivity index (χ3v) is 5.27. The van der Waals surface area contributed by atoms with Crippen molar-refractivity contribution in [1.29, 1.82) is 0 Å². The van der Waals surface area contributed by atoms with Gasteiger partial charge in [-0.25, -0.2) is 0 Å². The summed E-state index contributed by atoms with van der Waals surface area (Å²) in [4.78, 5) is 12.7. The van der Waals surface area contributed by atoms with E-state index in [2.05, 4.69) is 31.3 Å². The van der Waals surface area contributed by atoms with Crippen molar-refractivity contribution in [1.82, 2.24) is 5.32 Å². The van der Waals surface area contributed by atoms with E-state index >= 15 is 0 Å². The Morgan fingerprint density at radius 3 is 2.16 bits per heavy atom. The van der Waals surface area contributed by atoms with Crippen LogP contribution in [0, 0.1) is 12.3 Å². The van der Waals surface area contributed by atoms with Crippen LogP contribution in [0.2, 0.25) is 0 Å². The van der Waals surface area contributed by atoms with Crippen molar-refractivity contribution in [2.75, 3.05) is 14.2 Å². The van der Waals surface area contributed by atoms with Gasteiger partial charge >= 0.3 is 0 Å². The van der Waals surface area contributed by atoms with E-state index in [1.165, 1.54) is 5.56 Å². The summed E-state index contributed by atoms with van der Waals surface area (Å²) in [5.74, 6) is 1.88. The second-order valence-corrected chi connectivity index (χ2v) is 7.20. The first-order valence-electron chi connectivity index (χ1n) is 8.48. The van der Waals surface area contributed by atoms with Crippen LogP contribution in [0.5, 0.6) is 11.5 Å². The predicted octanol–water partition coefficient (Wildman–Crippen LogP) is 3.93. The van der Waals surface area contributed by atoms with Gasteiger partial charge < -0.3 is 14.8 Å². The summed E-state index contributed by atoms with van der Waals surface area (Å²) in [5, 5.41) is 3.20. The van der Waals surface area contributed by atoms with Crippen molar-refractivity contribution < 1.29 is 14.3 Å². The van der Waals surface area contributed by atoms with Crippen LogP contribution < -0.4 is 14.8 Å². The number of rotatable bonds is 5. The third kappa shape index (κ3) is 3.21. The SMILES string of the molecule is COc1ccc([C@@H]2[C@@H](NC(=O)c3ccc(OC)cc3C)C2(C)C)cc1. The molecule has 4 nitrogen and oxygen atoms in total. The summed E-state index contributed by atoms with van der Waals surface area (Å²) in [6, 6.07) is 13.7. The summed E-state index contributed by atoms with van der Waals surface area (Å²) >= 11 is 0. The van der Waals surface area contributed by atoms with Crippen LogP contribution in [0.25, 0.3) is 0 Å². The highest BCUT2D eigenvalue weighted by Gasteiger charge is 2.59. The van der Waals surface area contributed by atoms with Crippen molar-refractivity contribution in [3.8, 4) is 11.5 Å². The molecule has 0 unspecified atom stereocenters. The Bertz CT molecular complexity index is 780. The van der Waals surface area contributed by atoms with E-state index in [4.69, 9.17) is 9.47 Å². The van der Waals surface area contributed by atoms with Gasteiger partial charge in [-0.15, -0.1) is 0 Å². The maximum Gasteiger partial charge on any atom is 0.251 e. The molecule has 1 aliphatic carbocycles. The molecule has 2 aromatic carbocycles. The van der Waals surface area contributed by atoms with Gasteiger partial charge in [0.2, 0.25) is 0 Å². The zero-order valence-corrected chi connectivity index (χ0v) is 15.4. The summed E-state index contributed by atoms with van der Waals surface area (Å²) in [5.41, 5.74) is 2.86. The zero-order chi connectivity index (χ0) is 18.2. The molecule has 25 heavy (non-hydrogen) atoms. The first kappa shape index (κ1) is 17.3. The van der Waals surface area contributed by atoms with Gasteiger partial charge in [0, 0.05) is 17.5 Å². The van der Waals surface area contributed by atoms with Crippen LogP contribution in [-0.4, -0.2) is 26.2 Å². The Labute approximate surface area is 149 Å². The minimum atomic E-state index is -0.0331. The molecule has 0 saturated heterocycles. The molecule has 1 amide bonds. The second kappa shape index (κ2) is 6.43. The minimum absolute atomic E-state index is 0.0324. The minimum Gasteiger partial charge on any atom is -0.497 e. The lowest BCUT2D eigenvalue weighted by molar-refractivity contribution is 0.0945. The maximum absolute atomic E-state index is 12.7. The highest BCUT2D eigenvalue weighted by atomic mass is 16.5. The zero-order valence-electron chi connectivity index (χ0n) is 15.4. The number of nitrogens with one attached hydrogen (secondary N) is 1. The Kier molecular flexibility index (Phi) is 4.46. The summed E-state index contributed by atoms with van der Waals surface area (Å²) in [6.07, 6.45) is 0. The first-order chi connectivity index (χ1) is 11.9. The molecule has 1 N–H and O–H groups in total. The van der Waals surface area contributed by atoms with Crippen LogP contribution in [0.15, 0.2) is 42.5 Å². The van der Waals surface area contributed by atoms with E-state index in [0.29, 0.717) is 11.5 Å². The smallest absolute Gasteiger partial charge is 0.251 e. The van der Waals surface area contributed by atoms with E-state index in [1.807, 2.05) is 37.3 Å². The predicted molar refractivity (Wildman–Crippen MR) is 98.5 cm³/mol. The topological polar surface area (TPSA) is 47.6 Å². The highest BCUT2D eigenvalue weighted by molar-refractivity contribution is 5.96. The van der Waals surface area contributed by atoms with Crippen LogP contribution in [-0.2, 0) is 0 Å². The van der Waals surface area contributed by atoms with Gasteiger partial charge in [-0.1, -0.05) is 26.0 Å². The summed E-state index contributed by atoms with van der Waals surface area (Å²) in [6.45, 7) is 6.30. The number of ether oxygens (including phenoxy) is 2. The van der Waals surface area contributed by atoms with Crippen molar-refractivity contribution >= 4 is 5.91 Å². The average molecular weight is 339 g/mol. The molecule has 0 heterocycles. The van der Waals surface area contributed by atoms with Crippen LogP contribution in [0.4, 0.5) is 0 Å². The van der Waals surface area contributed by atoms with Gasteiger partial charge in [-0.05, 0) is 53.8 Å². The standard InChI is InChI=1S/C21H25NO3/c1-13-12-16(25-5)10-11-17(13)20(23)22-19-18(21(19,2)3)14-6-8-15(24-4)9-7-14/h6-12,18-19H,1-5H3,(H,22,23)/t18-,19-/m1/s1. The van der Waals surface area contributed by atoms with Gasteiger partial charge in [0.05, 0.1) is 14.2 Å². The molecule has 1 aliphatic rings.